The number of sulfone groups is 1. The van der Waals surface area contributed by atoms with E-state index in [1.54, 1.807) is 54.6 Å². The van der Waals surface area contributed by atoms with Gasteiger partial charge in [0.2, 0.25) is 26.6 Å². The van der Waals surface area contributed by atoms with Gasteiger partial charge in [0.1, 0.15) is 0 Å². The van der Waals surface area contributed by atoms with Crippen molar-refractivity contribution in [1.82, 2.24) is 9.88 Å². The number of likely N-dealkylation sites (tertiary alicyclic amines) is 1. The van der Waals surface area contributed by atoms with Gasteiger partial charge in [0.15, 0.2) is 0 Å². The number of benzene rings is 3. The van der Waals surface area contributed by atoms with Gasteiger partial charge in [0.05, 0.1) is 10.9 Å². The maximum atomic E-state index is 13.7. The Morgan fingerprint density at radius 1 is 0.925 bits per heavy atom. The zero-order chi connectivity index (χ0) is 28.3. The Hall–Kier alpha value is -3.13. The lowest BCUT2D eigenvalue weighted by Crippen LogP contribution is -2.37. The number of nitrogens with zero attached hydrogens (tertiary/aromatic N) is 2. The maximum Gasteiger partial charge on any atom is 0.233 e. The topological polar surface area (TPSA) is 75.4 Å². The number of halogens is 1. The summed E-state index contributed by atoms with van der Waals surface area (Å²) in [5.41, 5.74) is 3.18. The van der Waals surface area contributed by atoms with Crippen molar-refractivity contribution in [3.05, 3.63) is 95.0 Å². The second kappa shape index (κ2) is 11.8. The summed E-state index contributed by atoms with van der Waals surface area (Å²) in [4.78, 5) is 7.13. The van der Waals surface area contributed by atoms with Gasteiger partial charge in [-0.15, -0.1) is 0 Å². The lowest BCUT2D eigenvalue weighted by Gasteiger charge is -2.35. The van der Waals surface area contributed by atoms with Crippen molar-refractivity contribution in [2.45, 2.75) is 61.4 Å². The molecule has 1 unspecified atom stereocenters. The first-order valence-corrected chi connectivity index (χ1v) is 15.6. The summed E-state index contributed by atoms with van der Waals surface area (Å²) in [6, 6.07) is 24.2. The Morgan fingerprint density at radius 3 is 2.20 bits per heavy atom. The number of hydrogen-bond donors (Lipinski definition) is 1. The van der Waals surface area contributed by atoms with Crippen LogP contribution in [-0.2, 0) is 15.3 Å². The third-order valence-corrected chi connectivity index (χ3v) is 9.37. The SMILES string of the molecule is CC(C)(C)c1ccc(C(CNc2oc(-c3ccc(Cl)cc3)nc2S(=O)(=O)c2ccccc2)N2CCCCC2)cc1. The van der Waals surface area contributed by atoms with Crippen LogP contribution in [0.2, 0.25) is 5.02 Å². The molecular formula is C32H36ClN3O3S. The minimum Gasteiger partial charge on any atom is -0.419 e. The van der Waals surface area contributed by atoms with Crippen molar-refractivity contribution >= 4 is 27.3 Å². The summed E-state index contributed by atoms with van der Waals surface area (Å²) in [6.07, 6.45) is 3.52. The number of piperidine rings is 1. The van der Waals surface area contributed by atoms with E-state index in [9.17, 15) is 8.42 Å². The normalized spacial score (nSPS) is 15.6. The molecule has 0 bridgehead atoms. The molecule has 0 radical (unpaired) electrons. The smallest absolute Gasteiger partial charge is 0.233 e. The molecule has 6 nitrogen and oxygen atoms in total. The van der Waals surface area contributed by atoms with Gasteiger partial charge in [-0.2, -0.15) is 4.98 Å². The maximum absolute atomic E-state index is 13.7. The molecule has 0 spiro atoms. The van der Waals surface area contributed by atoms with Crippen LogP contribution in [0.1, 0.15) is 57.2 Å². The molecule has 4 aromatic rings. The molecule has 1 aromatic heterocycles. The third kappa shape index (κ3) is 6.27. The molecule has 1 aliphatic heterocycles. The van der Waals surface area contributed by atoms with Crippen molar-refractivity contribution in [3.63, 3.8) is 0 Å². The van der Waals surface area contributed by atoms with E-state index < -0.39 is 9.84 Å². The quantitative estimate of drug-likeness (QED) is 0.230. The lowest BCUT2D eigenvalue weighted by molar-refractivity contribution is 0.170. The van der Waals surface area contributed by atoms with Crippen LogP contribution in [0.3, 0.4) is 0 Å². The fourth-order valence-corrected chi connectivity index (χ4v) is 6.54. The minimum atomic E-state index is -3.93. The number of aromatic nitrogens is 1. The van der Waals surface area contributed by atoms with E-state index in [-0.39, 0.29) is 33.2 Å². The molecule has 1 aliphatic rings. The zero-order valence-corrected chi connectivity index (χ0v) is 24.8. The van der Waals surface area contributed by atoms with Crippen molar-refractivity contribution in [2.75, 3.05) is 25.0 Å². The standard InChI is InChI=1S/C32H36ClN3O3S/c1-32(2,3)25-16-12-23(13-17-25)28(36-20-8-5-9-21-36)22-34-30-31(40(37,38)27-10-6-4-7-11-27)35-29(39-30)24-14-18-26(33)19-15-24/h4,6-7,10-19,28,34H,5,8-9,20-22H2,1-3H3. The van der Waals surface area contributed by atoms with Crippen molar-refractivity contribution < 1.29 is 12.8 Å². The average molecular weight is 578 g/mol. The average Bonchev–Trinajstić information content (AvgIpc) is 3.39. The Morgan fingerprint density at radius 2 is 1.57 bits per heavy atom. The predicted octanol–water partition coefficient (Wildman–Crippen LogP) is 7.76. The van der Waals surface area contributed by atoms with Crippen molar-refractivity contribution in [1.29, 1.82) is 0 Å². The fourth-order valence-electron chi connectivity index (χ4n) is 5.11. The van der Waals surface area contributed by atoms with E-state index in [1.807, 2.05) is 0 Å². The van der Waals surface area contributed by atoms with Gasteiger partial charge in [0.25, 0.3) is 0 Å². The van der Waals surface area contributed by atoms with Crippen LogP contribution in [-0.4, -0.2) is 37.9 Å². The molecule has 40 heavy (non-hydrogen) atoms. The number of rotatable bonds is 8. The molecule has 5 rings (SSSR count). The van der Waals surface area contributed by atoms with E-state index in [0.717, 1.165) is 25.9 Å². The number of anilines is 1. The number of nitrogens with one attached hydrogen (secondary N) is 1. The second-order valence-electron chi connectivity index (χ2n) is 11.3. The predicted molar refractivity (Wildman–Crippen MR) is 161 cm³/mol. The molecule has 0 amide bonds. The van der Waals surface area contributed by atoms with E-state index in [0.29, 0.717) is 17.1 Å². The Bertz CT molecular complexity index is 1520. The molecule has 3 aromatic carbocycles. The molecule has 1 fully saturated rings. The van der Waals surface area contributed by atoms with Crippen molar-refractivity contribution in [2.24, 2.45) is 0 Å². The summed E-state index contributed by atoms with van der Waals surface area (Å²) >= 11 is 6.08. The van der Waals surface area contributed by atoms with Gasteiger partial charge in [-0.3, -0.25) is 4.90 Å². The highest BCUT2D eigenvalue weighted by Gasteiger charge is 2.30. The van der Waals surface area contributed by atoms with E-state index in [1.165, 1.54) is 17.5 Å². The monoisotopic (exact) mass is 577 g/mol. The van der Waals surface area contributed by atoms with Crippen LogP contribution in [0.4, 0.5) is 5.88 Å². The van der Waals surface area contributed by atoms with E-state index in [4.69, 9.17) is 16.0 Å². The summed E-state index contributed by atoms with van der Waals surface area (Å²) in [5.74, 6) is 0.361. The molecule has 0 aliphatic carbocycles. The Kier molecular flexibility index (Phi) is 8.36. The lowest BCUT2D eigenvalue weighted by atomic mass is 9.86. The largest absolute Gasteiger partial charge is 0.419 e. The molecule has 0 saturated carbocycles. The van der Waals surface area contributed by atoms with Crippen LogP contribution < -0.4 is 5.32 Å². The van der Waals surface area contributed by atoms with Gasteiger partial charge in [-0.25, -0.2) is 8.42 Å². The fraction of sp³-hybridized carbons (Fsp3) is 0.344. The Labute approximate surface area is 242 Å². The number of oxazole rings is 1. The van der Waals surface area contributed by atoms with Crippen LogP contribution >= 0.6 is 11.6 Å². The highest BCUT2D eigenvalue weighted by atomic mass is 35.5. The van der Waals surface area contributed by atoms with Gasteiger partial charge in [-0.05, 0) is 78.9 Å². The first-order chi connectivity index (χ1) is 19.1. The Balaban J connectivity index is 1.51. The van der Waals surface area contributed by atoms with Crippen LogP contribution in [0.15, 0.2) is 93.2 Å². The molecule has 2 heterocycles. The van der Waals surface area contributed by atoms with Gasteiger partial charge >= 0.3 is 0 Å². The zero-order valence-electron chi connectivity index (χ0n) is 23.2. The highest BCUT2D eigenvalue weighted by Crippen LogP contribution is 2.34. The molecular weight excluding hydrogens is 542 g/mol. The summed E-state index contributed by atoms with van der Waals surface area (Å²) in [6.45, 7) is 9.10. The van der Waals surface area contributed by atoms with Gasteiger partial charge in [0, 0.05) is 17.1 Å². The molecule has 1 atom stereocenters. The molecule has 1 saturated heterocycles. The van der Waals surface area contributed by atoms with Crippen LogP contribution in [0.25, 0.3) is 11.5 Å². The van der Waals surface area contributed by atoms with E-state index in [2.05, 4.69) is 60.2 Å². The van der Waals surface area contributed by atoms with Gasteiger partial charge < -0.3 is 9.73 Å². The molecule has 1 N–H and O–H groups in total. The molecule has 8 heteroatoms. The first-order valence-electron chi connectivity index (χ1n) is 13.8. The first kappa shape index (κ1) is 28.4. The minimum absolute atomic E-state index is 0.0469. The molecule has 210 valence electrons. The summed E-state index contributed by atoms with van der Waals surface area (Å²) < 4.78 is 33.5. The van der Waals surface area contributed by atoms with Gasteiger partial charge in [-0.1, -0.05) is 81.3 Å². The summed E-state index contributed by atoms with van der Waals surface area (Å²) in [7, 11) is -3.93. The van der Waals surface area contributed by atoms with Crippen LogP contribution in [0.5, 0.6) is 0 Å². The second-order valence-corrected chi connectivity index (χ2v) is 13.6. The number of hydrogen-bond acceptors (Lipinski definition) is 6. The van der Waals surface area contributed by atoms with E-state index >= 15 is 0 Å². The third-order valence-electron chi connectivity index (χ3n) is 7.44. The van der Waals surface area contributed by atoms with Crippen LogP contribution in [0, 0.1) is 0 Å². The van der Waals surface area contributed by atoms with Crippen molar-refractivity contribution in [3.8, 4) is 11.5 Å². The summed E-state index contributed by atoms with van der Waals surface area (Å²) in [5, 5.41) is 3.81. The highest BCUT2D eigenvalue weighted by molar-refractivity contribution is 7.91.